The summed E-state index contributed by atoms with van der Waals surface area (Å²) in [6.07, 6.45) is 0. The molecule has 1 aromatic heterocycles. The highest BCUT2D eigenvalue weighted by Gasteiger charge is 1.98. The van der Waals surface area contributed by atoms with Crippen molar-refractivity contribution in [2.24, 2.45) is 0 Å². The van der Waals surface area contributed by atoms with Crippen molar-refractivity contribution >= 4 is 11.6 Å². The van der Waals surface area contributed by atoms with E-state index in [1.807, 2.05) is 20.8 Å². The van der Waals surface area contributed by atoms with Gasteiger partial charge in [-0.3, -0.25) is 0 Å². The van der Waals surface area contributed by atoms with Gasteiger partial charge in [0.25, 0.3) is 0 Å². The first-order valence-electron chi connectivity index (χ1n) is 4.21. The molecule has 1 heterocycles. The third kappa shape index (κ3) is 4.80. The Kier molecular flexibility index (Phi) is 6.45. The number of aryl methyl sites for hydroxylation is 1. The van der Waals surface area contributed by atoms with E-state index in [1.165, 1.54) is 0 Å². The van der Waals surface area contributed by atoms with Crippen LogP contribution in [0, 0.1) is 6.92 Å². The molecule has 0 aromatic carbocycles. The third-order valence-corrected chi connectivity index (χ3v) is 1.34. The van der Waals surface area contributed by atoms with Crippen LogP contribution in [-0.2, 0) is 11.3 Å². The fraction of sp³-hybridized carbons (Fsp3) is 0.556. The second kappa shape index (κ2) is 6.80. The van der Waals surface area contributed by atoms with Gasteiger partial charge in [0.1, 0.15) is 11.8 Å². The highest BCUT2D eigenvalue weighted by atomic mass is 35.5. The van der Waals surface area contributed by atoms with Crippen LogP contribution in [0.15, 0.2) is 6.07 Å². The van der Waals surface area contributed by atoms with E-state index in [9.17, 15) is 0 Å². The summed E-state index contributed by atoms with van der Waals surface area (Å²) in [5.74, 6) is 0.623. The minimum atomic E-state index is 0.404. The first-order valence-corrected chi connectivity index (χ1v) is 4.59. The van der Waals surface area contributed by atoms with E-state index in [0.717, 1.165) is 5.69 Å². The predicted molar refractivity (Wildman–Crippen MR) is 53.8 cm³/mol. The summed E-state index contributed by atoms with van der Waals surface area (Å²) < 4.78 is 4.85. The van der Waals surface area contributed by atoms with Gasteiger partial charge in [-0.05, 0) is 13.0 Å². The summed E-state index contributed by atoms with van der Waals surface area (Å²) in [7, 11) is 1.60. The van der Waals surface area contributed by atoms with Crippen molar-refractivity contribution in [3.05, 3.63) is 22.7 Å². The lowest BCUT2D eigenvalue weighted by molar-refractivity contribution is 0.177. The molecule has 0 N–H and O–H groups in total. The Labute approximate surface area is 84.1 Å². The van der Waals surface area contributed by atoms with Crippen molar-refractivity contribution in [2.45, 2.75) is 27.4 Å². The van der Waals surface area contributed by atoms with Crippen molar-refractivity contribution in [1.29, 1.82) is 0 Å². The van der Waals surface area contributed by atoms with E-state index in [2.05, 4.69) is 9.97 Å². The predicted octanol–water partition coefficient (Wildman–Crippen LogP) is 2.61. The molecule has 1 aromatic rings. The topological polar surface area (TPSA) is 35.0 Å². The lowest BCUT2D eigenvalue weighted by Gasteiger charge is -1.99. The zero-order valence-electron chi connectivity index (χ0n) is 8.47. The molecule has 0 amide bonds. The molecule has 0 unspecified atom stereocenters. The van der Waals surface area contributed by atoms with E-state index in [4.69, 9.17) is 16.3 Å². The molecule has 0 saturated carbocycles. The van der Waals surface area contributed by atoms with Gasteiger partial charge in [0.15, 0.2) is 5.82 Å². The monoisotopic (exact) mass is 202 g/mol. The molecule has 0 aliphatic rings. The maximum atomic E-state index is 5.68. The van der Waals surface area contributed by atoms with Gasteiger partial charge in [-0.15, -0.1) is 0 Å². The smallest absolute Gasteiger partial charge is 0.155 e. The summed E-state index contributed by atoms with van der Waals surface area (Å²) in [4.78, 5) is 8.06. The van der Waals surface area contributed by atoms with Gasteiger partial charge in [-0.2, -0.15) is 0 Å². The maximum absolute atomic E-state index is 5.68. The van der Waals surface area contributed by atoms with Crippen LogP contribution in [-0.4, -0.2) is 17.1 Å². The highest BCUT2D eigenvalue weighted by molar-refractivity contribution is 6.29. The largest absolute Gasteiger partial charge is 0.377 e. The lowest BCUT2D eigenvalue weighted by Crippen LogP contribution is -1.98. The van der Waals surface area contributed by atoms with Crippen LogP contribution in [0.3, 0.4) is 0 Å². The van der Waals surface area contributed by atoms with Crippen LogP contribution in [0.1, 0.15) is 25.4 Å². The summed E-state index contributed by atoms with van der Waals surface area (Å²) in [5, 5.41) is 0.463. The SMILES string of the molecule is CC.COCc1nc(C)cc(Cl)n1. The molecule has 74 valence electrons. The Morgan fingerprint density at radius 3 is 2.46 bits per heavy atom. The van der Waals surface area contributed by atoms with Gasteiger partial charge < -0.3 is 4.74 Å². The molecule has 1 rings (SSSR count). The van der Waals surface area contributed by atoms with E-state index >= 15 is 0 Å². The Morgan fingerprint density at radius 2 is 2.00 bits per heavy atom. The van der Waals surface area contributed by atoms with Crippen molar-refractivity contribution in [3.63, 3.8) is 0 Å². The molecule has 0 saturated heterocycles. The van der Waals surface area contributed by atoms with Crippen LogP contribution in [0.5, 0.6) is 0 Å². The van der Waals surface area contributed by atoms with Crippen LogP contribution < -0.4 is 0 Å². The zero-order valence-corrected chi connectivity index (χ0v) is 9.22. The Morgan fingerprint density at radius 1 is 1.38 bits per heavy atom. The molecule has 13 heavy (non-hydrogen) atoms. The maximum Gasteiger partial charge on any atom is 0.155 e. The molecule has 0 atom stereocenters. The molecule has 0 radical (unpaired) electrons. The van der Waals surface area contributed by atoms with E-state index in [-0.39, 0.29) is 0 Å². The Balaban J connectivity index is 0.000000671. The summed E-state index contributed by atoms with van der Waals surface area (Å²) in [6, 6.07) is 1.71. The van der Waals surface area contributed by atoms with Crippen LogP contribution in [0.25, 0.3) is 0 Å². The molecule has 0 fully saturated rings. The van der Waals surface area contributed by atoms with Crippen molar-refractivity contribution in [1.82, 2.24) is 9.97 Å². The third-order valence-electron chi connectivity index (χ3n) is 1.14. The average molecular weight is 203 g/mol. The summed E-state index contributed by atoms with van der Waals surface area (Å²) in [5.41, 5.74) is 0.858. The second-order valence-electron chi connectivity index (χ2n) is 2.18. The first kappa shape index (κ1) is 12.3. The van der Waals surface area contributed by atoms with Crippen molar-refractivity contribution < 1.29 is 4.74 Å². The molecule has 0 bridgehead atoms. The van der Waals surface area contributed by atoms with E-state index in [0.29, 0.717) is 17.6 Å². The van der Waals surface area contributed by atoms with Gasteiger partial charge in [-0.1, -0.05) is 25.4 Å². The quantitative estimate of drug-likeness (QED) is 0.692. The van der Waals surface area contributed by atoms with E-state index in [1.54, 1.807) is 13.2 Å². The number of methoxy groups -OCH3 is 1. The number of halogens is 1. The van der Waals surface area contributed by atoms with Crippen LogP contribution in [0.4, 0.5) is 0 Å². The average Bonchev–Trinajstić information content (AvgIpc) is 2.06. The lowest BCUT2D eigenvalue weighted by atomic mass is 10.4. The van der Waals surface area contributed by atoms with Crippen LogP contribution >= 0.6 is 11.6 Å². The molecular weight excluding hydrogens is 188 g/mol. The minimum Gasteiger partial charge on any atom is -0.377 e. The van der Waals surface area contributed by atoms with Gasteiger partial charge in [0.05, 0.1) is 0 Å². The number of nitrogens with zero attached hydrogens (tertiary/aromatic N) is 2. The van der Waals surface area contributed by atoms with Gasteiger partial charge in [-0.25, -0.2) is 9.97 Å². The first-order chi connectivity index (χ1) is 6.22. The van der Waals surface area contributed by atoms with Crippen LogP contribution in [0.2, 0.25) is 5.15 Å². The normalized spacial score (nSPS) is 9.00. The minimum absolute atomic E-state index is 0.404. The molecule has 0 aliphatic carbocycles. The van der Waals surface area contributed by atoms with E-state index < -0.39 is 0 Å². The van der Waals surface area contributed by atoms with Crippen molar-refractivity contribution in [3.8, 4) is 0 Å². The van der Waals surface area contributed by atoms with Gasteiger partial charge in [0, 0.05) is 12.8 Å². The standard InChI is InChI=1S/C7H9ClN2O.C2H6/c1-5-3-6(8)10-7(9-5)4-11-2;1-2/h3H,4H2,1-2H3;1-2H3. The summed E-state index contributed by atoms with van der Waals surface area (Å²) >= 11 is 5.68. The number of ether oxygens (including phenoxy) is 1. The fourth-order valence-electron chi connectivity index (χ4n) is 0.782. The number of hydrogen-bond donors (Lipinski definition) is 0. The Hall–Kier alpha value is -0.670. The number of hydrogen-bond acceptors (Lipinski definition) is 3. The highest BCUT2D eigenvalue weighted by Crippen LogP contribution is 2.06. The zero-order chi connectivity index (χ0) is 10.3. The molecule has 0 spiro atoms. The summed E-state index contributed by atoms with van der Waals surface area (Å²) in [6.45, 7) is 6.27. The molecular formula is C9H15ClN2O. The molecule has 3 nitrogen and oxygen atoms in total. The Bertz CT molecular complexity index is 233. The van der Waals surface area contributed by atoms with Gasteiger partial charge >= 0.3 is 0 Å². The molecule has 0 aliphatic heterocycles. The molecule has 4 heteroatoms. The number of aromatic nitrogens is 2. The second-order valence-corrected chi connectivity index (χ2v) is 2.57. The van der Waals surface area contributed by atoms with Gasteiger partial charge in [0.2, 0.25) is 0 Å². The fourth-order valence-corrected chi connectivity index (χ4v) is 1.04. The number of rotatable bonds is 2. The van der Waals surface area contributed by atoms with Crippen molar-refractivity contribution in [2.75, 3.05) is 7.11 Å².